The quantitative estimate of drug-likeness (QED) is 0.304. The largest absolute Gasteiger partial charge is 0.478 e. The van der Waals surface area contributed by atoms with Crippen molar-refractivity contribution in [1.29, 1.82) is 0 Å². The summed E-state index contributed by atoms with van der Waals surface area (Å²) >= 11 is 6.53. The fourth-order valence-electron chi connectivity index (χ4n) is 6.06. The van der Waals surface area contributed by atoms with E-state index in [9.17, 15) is 9.59 Å². The van der Waals surface area contributed by atoms with Gasteiger partial charge in [-0.1, -0.05) is 30.3 Å². The van der Waals surface area contributed by atoms with Crippen molar-refractivity contribution in [3.05, 3.63) is 77.0 Å². The van der Waals surface area contributed by atoms with Crippen LogP contribution >= 0.6 is 11.6 Å². The number of aromatic carboxylic acids is 1. The molecule has 5 rings (SSSR count). The SMILES string of the molecule is C=C/C(=C\C)C1CN(C2CCOCC2)C(=O)N1C1CCN(Cc2ccc(Oc3ccc(C(=O)O)cc3)nc2Cl)CC1. The molecule has 1 N–H and O–H groups in total. The third kappa shape index (κ3) is 6.58. The van der Waals surface area contributed by atoms with Gasteiger partial charge in [-0.3, -0.25) is 4.90 Å². The Hall–Kier alpha value is -3.40. The van der Waals surface area contributed by atoms with Crippen molar-refractivity contribution < 1.29 is 24.2 Å². The molecular weight excluding hydrogens is 544 g/mol. The van der Waals surface area contributed by atoms with Crippen LogP contribution in [0.5, 0.6) is 11.6 Å². The number of carboxylic acids is 1. The molecule has 2 aromatic rings. The minimum absolute atomic E-state index is 0.0240. The van der Waals surface area contributed by atoms with Crippen LogP contribution in [0.1, 0.15) is 48.5 Å². The molecular formula is C31H37ClN4O5. The maximum Gasteiger partial charge on any atom is 0.335 e. The van der Waals surface area contributed by atoms with Gasteiger partial charge in [0.05, 0.1) is 11.6 Å². The van der Waals surface area contributed by atoms with E-state index >= 15 is 0 Å². The molecule has 0 bridgehead atoms. The number of halogens is 1. The first-order chi connectivity index (χ1) is 19.9. The smallest absolute Gasteiger partial charge is 0.335 e. The van der Waals surface area contributed by atoms with Crippen LogP contribution in [-0.4, -0.2) is 87.8 Å². The second kappa shape index (κ2) is 13.1. The van der Waals surface area contributed by atoms with Gasteiger partial charge in [-0.15, -0.1) is 0 Å². The van der Waals surface area contributed by atoms with Gasteiger partial charge in [-0.25, -0.2) is 14.6 Å². The standard InChI is InChI=1S/C31H37ClN4O5/c1-3-21(4-2)27-20-35(24-13-17-40-18-14-24)31(39)36(27)25-11-15-34(16-12-25)19-23-7-10-28(33-29(23)32)41-26-8-5-22(6-9-26)30(37)38/h3-10,24-25,27H,1,11-20H2,2H3,(H,37,38)/b21-4+. The van der Waals surface area contributed by atoms with Crippen molar-refractivity contribution >= 4 is 23.6 Å². The van der Waals surface area contributed by atoms with Crippen LogP contribution < -0.4 is 4.74 Å². The molecule has 0 saturated carbocycles. The predicted octanol–water partition coefficient (Wildman–Crippen LogP) is 5.61. The summed E-state index contributed by atoms with van der Waals surface area (Å²) in [5.41, 5.74) is 2.20. The highest BCUT2D eigenvalue weighted by Crippen LogP contribution is 2.33. The average Bonchev–Trinajstić information content (AvgIpc) is 3.33. The topological polar surface area (TPSA) is 95.4 Å². The van der Waals surface area contributed by atoms with E-state index in [2.05, 4.69) is 32.3 Å². The predicted molar refractivity (Wildman–Crippen MR) is 157 cm³/mol. The molecule has 1 aromatic carbocycles. The number of hydrogen-bond donors (Lipinski definition) is 1. The number of aromatic nitrogens is 1. The Labute approximate surface area is 246 Å². The number of nitrogens with zero attached hydrogens (tertiary/aromatic N) is 4. The van der Waals surface area contributed by atoms with Gasteiger partial charge in [-0.2, -0.15) is 0 Å². The van der Waals surface area contributed by atoms with Gasteiger partial charge in [0.25, 0.3) is 0 Å². The van der Waals surface area contributed by atoms with E-state index < -0.39 is 5.97 Å². The van der Waals surface area contributed by atoms with Crippen molar-refractivity contribution in [2.24, 2.45) is 0 Å². The molecule has 3 aliphatic rings. The first kappa shape index (κ1) is 29.1. The summed E-state index contributed by atoms with van der Waals surface area (Å²) in [4.78, 5) is 35.7. The summed E-state index contributed by atoms with van der Waals surface area (Å²) in [5.74, 6) is -0.166. The first-order valence-electron chi connectivity index (χ1n) is 14.2. The molecule has 10 heteroatoms. The number of urea groups is 1. The second-order valence-electron chi connectivity index (χ2n) is 10.7. The third-order valence-corrected chi connectivity index (χ3v) is 8.65. The Morgan fingerprint density at radius 1 is 1.12 bits per heavy atom. The number of allylic oxidation sites excluding steroid dienone is 1. The van der Waals surface area contributed by atoms with Crippen molar-refractivity contribution in [2.75, 3.05) is 32.8 Å². The van der Waals surface area contributed by atoms with Crippen molar-refractivity contribution in [2.45, 2.75) is 57.3 Å². The molecule has 4 heterocycles. The van der Waals surface area contributed by atoms with Crippen LogP contribution in [0, 0.1) is 0 Å². The summed E-state index contributed by atoms with van der Waals surface area (Å²) < 4.78 is 11.3. The highest BCUT2D eigenvalue weighted by Gasteiger charge is 2.45. The zero-order valence-electron chi connectivity index (χ0n) is 23.4. The Kier molecular flexibility index (Phi) is 9.27. The summed E-state index contributed by atoms with van der Waals surface area (Å²) in [7, 11) is 0. The fraction of sp³-hybridized carbons (Fsp3) is 0.452. The maximum atomic E-state index is 13.7. The third-order valence-electron chi connectivity index (χ3n) is 8.33. The Bertz CT molecular complexity index is 1290. The van der Waals surface area contributed by atoms with E-state index in [-0.39, 0.29) is 29.7 Å². The number of carbonyl (C=O) groups excluding carboxylic acids is 1. The van der Waals surface area contributed by atoms with Crippen LogP contribution in [0.2, 0.25) is 5.15 Å². The van der Waals surface area contributed by atoms with Gasteiger partial charge in [-0.05, 0) is 68.5 Å². The molecule has 2 amide bonds. The van der Waals surface area contributed by atoms with Crippen LogP contribution in [0.25, 0.3) is 0 Å². The zero-order chi connectivity index (χ0) is 28.9. The molecule has 0 radical (unpaired) electrons. The summed E-state index contributed by atoms with van der Waals surface area (Å²) in [6, 6.07) is 10.4. The average molecular weight is 581 g/mol. The first-order valence-corrected chi connectivity index (χ1v) is 14.6. The van der Waals surface area contributed by atoms with E-state index in [0.717, 1.165) is 49.9 Å². The summed E-state index contributed by atoms with van der Waals surface area (Å²) in [6.45, 7) is 10.5. The molecule has 9 nitrogen and oxygen atoms in total. The number of carbonyl (C=O) groups is 2. The van der Waals surface area contributed by atoms with Crippen molar-refractivity contribution in [3.8, 4) is 11.6 Å². The molecule has 3 saturated heterocycles. The molecule has 1 atom stereocenters. The van der Waals surface area contributed by atoms with Gasteiger partial charge >= 0.3 is 12.0 Å². The Balaban J connectivity index is 1.20. The second-order valence-corrected chi connectivity index (χ2v) is 11.1. The van der Waals surface area contributed by atoms with E-state index in [1.165, 1.54) is 12.1 Å². The normalized spacial score (nSPS) is 21.4. The highest BCUT2D eigenvalue weighted by molar-refractivity contribution is 6.30. The minimum atomic E-state index is -0.991. The van der Waals surface area contributed by atoms with Gasteiger partial charge in [0.2, 0.25) is 5.88 Å². The number of likely N-dealkylation sites (tertiary alicyclic amines) is 1. The lowest BCUT2D eigenvalue weighted by atomic mass is 9.98. The maximum absolute atomic E-state index is 13.7. The number of benzene rings is 1. The van der Waals surface area contributed by atoms with Crippen LogP contribution in [-0.2, 0) is 11.3 Å². The molecule has 218 valence electrons. The Morgan fingerprint density at radius 3 is 2.44 bits per heavy atom. The minimum Gasteiger partial charge on any atom is -0.478 e. The van der Waals surface area contributed by atoms with E-state index in [0.29, 0.717) is 43.1 Å². The number of carboxylic acid groups (broad SMARTS) is 1. The molecule has 1 unspecified atom stereocenters. The lowest BCUT2D eigenvalue weighted by Gasteiger charge is -2.39. The van der Waals surface area contributed by atoms with E-state index in [4.69, 9.17) is 26.2 Å². The number of amides is 2. The number of pyridine rings is 1. The molecule has 1 aromatic heterocycles. The zero-order valence-corrected chi connectivity index (χ0v) is 24.1. The van der Waals surface area contributed by atoms with Crippen LogP contribution in [0.15, 0.2) is 60.7 Å². The van der Waals surface area contributed by atoms with Gasteiger partial charge < -0.3 is 24.4 Å². The lowest BCUT2D eigenvalue weighted by Crippen LogP contribution is -2.50. The number of piperidine rings is 1. The Morgan fingerprint density at radius 2 is 1.83 bits per heavy atom. The molecule has 3 aliphatic heterocycles. The molecule has 0 aliphatic carbocycles. The van der Waals surface area contributed by atoms with Crippen LogP contribution in [0.3, 0.4) is 0 Å². The van der Waals surface area contributed by atoms with E-state index in [1.807, 2.05) is 19.1 Å². The van der Waals surface area contributed by atoms with Crippen molar-refractivity contribution in [3.63, 3.8) is 0 Å². The van der Waals surface area contributed by atoms with Gasteiger partial charge in [0.1, 0.15) is 10.9 Å². The van der Waals surface area contributed by atoms with E-state index in [1.54, 1.807) is 18.2 Å². The molecule has 3 fully saturated rings. The monoisotopic (exact) mass is 580 g/mol. The molecule has 41 heavy (non-hydrogen) atoms. The number of ether oxygens (including phenoxy) is 2. The number of rotatable bonds is 9. The summed E-state index contributed by atoms with van der Waals surface area (Å²) in [5, 5.41) is 9.43. The summed E-state index contributed by atoms with van der Waals surface area (Å²) in [6.07, 6.45) is 7.52. The highest BCUT2D eigenvalue weighted by atomic mass is 35.5. The number of hydrogen-bond acceptors (Lipinski definition) is 6. The fourth-order valence-corrected chi connectivity index (χ4v) is 6.27. The van der Waals surface area contributed by atoms with Crippen LogP contribution in [0.4, 0.5) is 4.79 Å². The van der Waals surface area contributed by atoms with Crippen molar-refractivity contribution in [1.82, 2.24) is 19.7 Å². The van der Waals surface area contributed by atoms with Gasteiger partial charge in [0, 0.05) is 63.1 Å². The lowest BCUT2D eigenvalue weighted by molar-refractivity contribution is 0.0493. The van der Waals surface area contributed by atoms with Gasteiger partial charge in [0.15, 0.2) is 0 Å². The molecule has 0 spiro atoms.